The van der Waals surface area contributed by atoms with Gasteiger partial charge in [0.15, 0.2) is 23.0 Å². The lowest BCUT2D eigenvalue weighted by atomic mass is 9.88. The molecule has 0 bridgehead atoms. The fourth-order valence-corrected chi connectivity index (χ4v) is 12.6. The summed E-state index contributed by atoms with van der Waals surface area (Å²) in [7, 11) is -8.94. The quantitative estimate of drug-likeness (QED) is 0.0607. The standard InChI is InChI=1S/C64H53N7O10S2/c1-6-40(7-2)42-14-20-48(21-15-42)83(76,77)69-64(73)60(53-36-71(10-5)55-31-46(18-25-51(53)55)62-66-27-28-67-62)47-30-45(61-58(33-47)80-38-81-61)13-12-41(8-3)43-16-22-49(23-17-43)82(74,75)68-63(72)59(44-19-26-56-57(32-44)79-37-78-56)52-35-70(9-4)54-29-39(34-65)11-24-50(52)54/h6-26,29-33,35-36,40-41,59-60H,1-5,27-28,37-38H2,(H,66,67)(H,68,72)(H,69,73)/b13-12+. The van der Waals surface area contributed by atoms with Crippen molar-refractivity contribution in [2.45, 2.75) is 33.5 Å². The lowest BCUT2D eigenvalue weighted by Crippen LogP contribution is -2.35. The molecule has 11 rings (SSSR count). The maximum Gasteiger partial charge on any atom is 0.264 e. The molecule has 0 radical (unpaired) electrons. The number of nitrogens with zero attached hydrogens (tertiary/aromatic N) is 4. The van der Waals surface area contributed by atoms with Crippen LogP contribution in [-0.4, -0.2) is 70.3 Å². The van der Waals surface area contributed by atoms with Crippen LogP contribution in [0.5, 0.6) is 23.0 Å². The van der Waals surface area contributed by atoms with Gasteiger partial charge in [-0.05, 0) is 100 Å². The van der Waals surface area contributed by atoms with E-state index in [2.05, 4.69) is 58.7 Å². The Morgan fingerprint density at radius 3 is 1.75 bits per heavy atom. The molecule has 6 aromatic carbocycles. The monoisotopic (exact) mass is 1140 g/mol. The summed E-state index contributed by atoms with van der Waals surface area (Å²) in [6, 6.07) is 33.3. The number of allylic oxidation sites excluding steroid dienone is 4. The van der Waals surface area contributed by atoms with Gasteiger partial charge in [-0.1, -0.05) is 92.1 Å². The van der Waals surface area contributed by atoms with Gasteiger partial charge in [0.25, 0.3) is 20.0 Å². The largest absolute Gasteiger partial charge is 0.454 e. The van der Waals surface area contributed by atoms with Crippen LogP contribution in [0.15, 0.2) is 200 Å². The van der Waals surface area contributed by atoms with Gasteiger partial charge in [-0.15, -0.1) is 19.7 Å². The average Bonchev–Trinajstić information content (AvgIpc) is 3.54. The maximum atomic E-state index is 15.0. The molecule has 2 amide bonds. The summed E-state index contributed by atoms with van der Waals surface area (Å²) in [6.07, 6.45) is 15.2. The van der Waals surface area contributed by atoms with E-state index in [4.69, 9.17) is 18.9 Å². The normalized spacial score (nSPS) is 14.6. The van der Waals surface area contributed by atoms with Crippen LogP contribution >= 0.6 is 0 Å². The number of ether oxygens (including phenoxy) is 4. The fourth-order valence-electron chi connectivity index (χ4n) is 10.7. The number of sulfonamides is 2. The zero-order valence-corrected chi connectivity index (χ0v) is 46.2. The number of amidine groups is 1. The second-order valence-electron chi connectivity index (χ2n) is 19.6. The van der Waals surface area contributed by atoms with E-state index in [0.29, 0.717) is 96.8 Å². The molecule has 416 valence electrons. The highest BCUT2D eigenvalue weighted by molar-refractivity contribution is 7.90. The van der Waals surface area contributed by atoms with Crippen LogP contribution in [0.4, 0.5) is 0 Å². The van der Waals surface area contributed by atoms with Crippen molar-refractivity contribution in [1.82, 2.24) is 23.9 Å². The summed E-state index contributed by atoms with van der Waals surface area (Å²) in [5.74, 6) is -2.59. The second kappa shape index (κ2) is 22.4. The van der Waals surface area contributed by atoms with Crippen LogP contribution in [0.2, 0.25) is 0 Å². The third-order valence-corrected chi connectivity index (χ3v) is 17.5. The number of nitriles is 1. The van der Waals surface area contributed by atoms with Crippen LogP contribution in [-0.2, 0) is 29.6 Å². The van der Waals surface area contributed by atoms with Crippen molar-refractivity contribution in [1.29, 1.82) is 5.26 Å². The Morgan fingerprint density at radius 1 is 0.614 bits per heavy atom. The molecule has 0 aliphatic carbocycles. The Morgan fingerprint density at radius 2 is 1.16 bits per heavy atom. The number of rotatable bonds is 20. The van der Waals surface area contributed by atoms with Gasteiger partial charge in [-0.3, -0.25) is 14.6 Å². The van der Waals surface area contributed by atoms with Crippen LogP contribution in [0.25, 0.3) is 40.3 Å². The number of fused-ring (bicyclic) bond motifs is 4. The first-order valence-corrected chi connectivity index (χ1v) is 29.1. The van der Waals surface area contributed by atoms with Crippen molar-refractivity contribution in [2.24, 2.45) is 4.99 Å². The average molecular weight is 1140 g/mol. The van der Waals surface area contributed by atoms with Gasteiger partial charge in [-0.25, -0.2) is 26.3 Å². The van der Waals surface area contributed by atoms with Crippen molar-refractivity contribution < 1.29 is 45.4 Å². The summed E-state index contributed by atoms with van der Waals surface area (Å²) in [5.41, 5.74) is 6.12. The zero-order chi connectivity index (χ0) is 58.2. The minimum Gasteiger partial charge on any atom is -0.454 e. The van der Waals surface area contributed by atoms with Crippen molar-refractivity contribution in [3.63, 3.8) is 0 Å². The molecule has 3 atom stereocenters. The van der Waals surface area contributed by atoms with Crippen LogP contribution < -0.4 is 33.7 Å². The number of aliphatic imine (C=N–C) groups is 1. The van der Waals surface area contributed by atoms with Crippen molar-refractivity contribution in [3.05, 3.63) is 235 Å². The first-order chi connectivity index (χ1) is 40.1. The van der Waals surface area contributed by atoms with Gasteiger partial charge >= 0.3 is 0 Å². The van der Waals surface area contributed by atoms with E-state index in [0.717, 1.165) is 17.0 Å². The molecule has 0 saturated carbocycles. The number of hydrogen-bond donors (Lipinski definition) is 3. The lowest BCUT2D eigenvalue weighted by molar-refractivity contribution is -0.120. The molecule has 83 heavy (non-hydrogen) atoms. The van der Waals surface area contributed by atoms with Crippen LogP contribution in [0.1, 0.15) is 73.7 Å². The molecule has 2 aromatic heterocycles. The van der Waals surface area contributed by atoms with Gasteiger partial charge in [0.1, 0.15) is 5.84 Å². The third-order valence-electron chi connectivity index (χ3n) is 14.8. The van der Waals surface area contributed by atoms with Crippen molar-refractivity contribution in [3.8, 4) is 29.1 Å². The topological polar surface area (TPSA) is 221 Å². The van der Waals surface area contributed by atoms with E-state index < -0.39 is 49.6 Å². The molecule has 0 fully saturated rings. The van der Waals surface area contributed by atoms with E-state index in [1.165, 1.54) is 30.5 Å². The smallest absolute Gasteiger partial charge is 0.264 e. The minimum absolute atomic E-state index is 0.0167. The van der Waals surface area contributed by atoms with Crippen LogP contribution in [0.3, 0.4) is 0 Å². The van der Waals surface area contributed by atoms with Crippen molar-refractivity contribution in [2.75, 3.05) is 26.7 Å². The van der Waals surface area contributed by atoms with Crippen molar-refractivity contribution >= 4 is 78.0 Å². The van der Waals surface area contributed by atoms with E-state index in [9.17, 15) is 31.7 Å². The molecule has 17 nitrogen and oxygen atoms in total. The van der Waals surface area contributed by atoms with Gasteiger partial charge in [0.2, 0.25) is 25.4 Å². The molecule has 3 aliphatic rings. The molecule has 5 heterocycles. The summed E-state index contributed by atoms with van der Waals surface area (Å²) in [5, 5.41) is 14.2. The molecule has 3 aliphatic heterocycles. The fraction of sp³-hybridized carbons (Fsp3) is 0.125. The number of hydrogen-bond acceptors (Lipinski definition) is 13. The summed E-state index contributed by atoms with van der Waals surface area (Å²) < 4.78 is 87.9. The number of carbonyl (C=O) groups is 2. The number of benzene rings is 6. The van der Waals surface area contributed by atoms with Gasteiger partial charge in [0, 0.05) is 65.1 Å². The predicted octanol–water partition coefficient (Wildman–Crippen LogP) is 10.2. The highest BCUT2D eigenvalue weighted by Crippen LogP contribution is 2.44. The summed E-state index contributed by atoms with van der Waals surface area (Å²) >= 11 is 0. The summed E-state index contributed by atoms with van der Waals surface area (Å²) in [4.78, 5) is 33.8. The van der Waals surface area contributed by atoms with E-state index in [-0.39, 0.29) is 29.3 Å². The molecule has 3 N–H and O–H groups in total. The Labute approximate surface area is 479 Å². The van der Waals surface area contributed by atoms with E-state index in [1.54, 1.807) is 125 Å². The number of carbonyl (C=O) groups excluding carboxylic acids is 2. The Kier molecular flexibility index (Phi) is 14.8. The van der Waals surface area contributed by atoms with Gasteiger partial charge < -0.3 is 33.4 Å². The second-order valence-corrected chi connectivity index (χ2v) is 23.0. The van der Waals surface area contributed by atoms with Gasteiger partial charge in [-0.2, -0.15) is 5.26 Å². The SMILES string of the molecule is C=CC(C=C)c1ccc(S(=O)(=O)NC(=O)C(c2cc(/C=C/C(C=C)c3ccc(S(=O)(=O)NC(=O)C(c4ccc5c(c4)OCO5)c4cn(C=C)c5cc(C#N)ccc45)cc3)c3c(c2)OCO3)c2cn(C=C)c3cc(C4=NCCN4)ccc23)cc1. The highest BCUT2D eigenvalue weighted by Gasteiger charge is 2.35. The number of amides is 2. The molecule has 0 spiro atoms. The Balaban J connectivity index is 0.906. The lowest BCUT2D eigenvalue weighted by Gasteiger charge is -2.19. The van der Waals surface area contributed by atoms with E-state index in [1.807, 2.05) is 24.3 Å². The molecule has 8 aromatic rings. The molecular weight excluding hydrogens is 1090 g/mol. The first-order valence-electron chi connectivity index (χ1n) is 26.1. The number of nitrogens with one attached hydrogen (secondary N) is 3. The Bertz CT molecular complexity index is 4350. The summed E-state index contributed by atoms with van der Waals surface area (Å²) in [6.45, 7) is 20.9. The maximum absolute atomic E-state index is 15.0. The molecule has 0 saturated heterocycles. The van der Waals surface area contributed by atoms with E-state index >= 15 is 0 Å². The first kappa shape index (κ1) is 54.8. The minimum atomic E-state index is -4.50. The van der Waals surface area contributed by atoms with Crippen LogP contribution in [0, 0.1) is 11.3 Å². The predicted molar refractivity (Wildman–Crippen MR) is 318 cm³/mol. The highest BCUT2D eigenvalue weighted by atomic mass is 32.2. The number of aromatic nitrogens is 2. The Hall–Kier alpha value is -10.2. The van der Waals surface area contributed by atoms with Gasteiger partial charge in [0.05, 0.1) is 50.8 Å². The molecular formula is C64H53N7O10S2. The zero-order valence-electron chi connectivity index (χ0n) is 44.5. The third kappa shape index (κ3) is 10.5. The molecule has 19 heteroatoms. The molecule has 3 unspecified atom stereocenters.